The zero-order valence-electron chi connectivity index (χ0n) is 9.65. The monoisotopic (exact) mass is 239 g/mol. The van der Waals surface area contributed by atoms with Crippen molar-refractivity contribution in [1.29, 1.82) is 0 Å². The summed E-state index contributed by atoms with van der Waals surface area (Å²) in [6.07, 6.45) is -1.02. The lowest BCUT2D eigenvalue weighted by molar-refractivity contribution is -0.298. The third-order valence-corrected chi connectivity index (χ3v) is 3.61. The molecule has 0 aliphatic heterocycles. The Morgan fingerprint density at radius 1 is 1.38 bits per heavy atom. The smallest absolute Gasteiger partial charge is 0.368 e. The molecular formula is C11H20F3NO. The van der Waals surface area contributed by atoms with Crippen molar-refractivity contribution in [3.63, 3.8) is 0 Å². The van der Waals surface area contributed by atoms with Crippen LogP contribution in [0.5, 0.6) is 0 Å². The molecule has 2 N–H and O–H groups in total. The molecule has 5 heteroatoms. The van der Waals surface area contributed by atoms with Gasteiger partial charge in [-0.3, -0.25) is 0 Å². The first-order valence-electron chi connectivity index (χ1n) is 5.80. The highest BCUT2D eigenvalue weighted by molar-refractivity contribution is 4.97. The molecule has 0 aromatic carbocycles. The number of rotatable bonds is 4. The molecule has 1 saturated carbocycles. The first-order chi connectivity index (χ1) is 7.48. The minimum absolute atomic E-state index is 0.0856. The molecule has 0 bridgehead atoms. The number of halogens is 3. The summed E-state index contributed by atoms with van der Waals surface area (Å²) in [5.74, 6) is -0.435. The van der Waals surface area contributed by atoms with Crippen LogP contribution in [0.2, 0.25) is 0 Å². The van der Waals surface area contributed by atoms with Gasteiger partial charge in [0.2, 0.25) is 0 Å². The minimum Gasteiger partial charge on any atom is -0.368 e. The van der Waals surface area contributed by atoms with E-state index in [0.29, 0.717) is 32.2 Å². The molecule has 2 nitrogen and oxygen atoms in total. The van der Waals surface area contributed by atoms with Crippen LogP contribution >= 0.6 is 0 Å². The zero-order chi connectivity index (χ0) is 12.2. The molecule has 16 heavy (non-hydrogen) atoms. The van der Waals surface area contributed by atoms with Crippen molar-refractivity contribution in [2.75, 3.05) is 13.7 Å². The van der Waals surface area contributed by atoms with Crippen LogP contribution in [-0.4, -0.2) is 25.4 Å². The molecule has 96 valence electrons. The third kappa shape index (κ3) is 2.51. The van der Waals surface area contributed by atoms with Crippen LogP contribution in [0.1, 0.15) is 38.5 Å². The summed E-state index contributed by atoms with van der Waals surface area (Å²) >= 11 is 0. The fourth-order valence-electron chi connectivity index (χ4n) is 2.72. The molecule has 0 heterocycles. The van der Waals surface area contributed by atoms with E-state index in [1.807, 2.05) is 0 Å². The number of alkyl halides is 3. The SMILES string of the molecule is COC1(C(F)(F)F)CCCCC1CCCN. The van der Waals surface area contributed by atoms with E-state index in [1.54, 1.807) is 0 Å². The Hall–Kier alpha value is -0.290. The Kier molecular flexibility index (Phi) is 4.62. The molecule has 1 rings (SSSR count). The van der Waals surface area contributed by atoms with Crippen LogP contribution in [-0.2, 0) is 4.74 Å². The Bertz CT molecular complexity index is 220. The summed E-state index contributed by atoms with van der Waals surface area (Å²) in [7, 11) is 1.17. The Labute approximate surface area is 94.3 Å². The standard InChI is InChI=1S/C11H20F3NO/c1-16-10(11(12,13)14)7-3-2-5-9(10)6-4-8-15/h9H,2-8,15H2,1H3. The lowest BCUT2D eigenvalue weighted by atomic mass is 9.72. The van der Waals surface area contributed by atoms with E-state index in [2.05, 4.69) is 0 Å². The summed E-state index contributed by atoms with van der Waals surface area (Å²) in [5.41, 5.74) is 3.43. The lowest BCUT2D eigenvalue weighted by Gasteiger charge is -2.44. The van der Waals surface area contributed by atoms with Crippen LogP contribution in [0.25, 0.3) is 0 Å². The average molecular weight is 239 g/mol. The summed E-state index contributed by atoms with van der Waals surface area (Å²) in [5, 5.41) is 0. The topological polar surface area (TPSA) is 35.2 Å². The molecule has 0 saturated heterocycles. The Balaban J connectivity index is 2.83. The Morgan fingerprint density at radius 2 is 2.06 bits per heavy atom. The van der Waals surface area contributed by atoms with E-state index >= 15 is 0 Å². The predicted molar refractivity (Wildman–Crippen MR) is 56.0 cm³/mol. The second-order valence-electron chi connectivity index (χ2n) is 4.46. The minimum atomic E-state index is -4.28. The van der Waals surface area contributed by atoms with Gasteiger partial charge in [-0.15, -0.1) is 0 Å². The summed E-state index contributed by atoms with van der Waals surface area (Å²) in [4.78, 5) is 0. The van der Waals surface area contributed by atoms with E-state index in [9.17, 15) is 13.2 Å². The average Bonchev–Trinajstić information content (AvgIpc) is 2.25. The third-order valence-electron chi connectivity index (χ3n) is 3.61. The first kappa shape index (κ1) is 13.8. The van der Waals surface area contributed by atoms with E-state index in [0.717, 1.165) is 6.42 Å². The molecule has 1 aliphatic rings. The van der Waals surface area contributed by atoms with Crippen LogP contribution < -0.4 is 5.73 Å². The highest BCUT2D eigenvalue weighted by Crippen LogP contribution is 2.49. The number of hydrogen-bond donors (Lipinski definition) is 1. The maximum atomic E-state index is 13.1. The van der Waals surface area contributed by atoms with Crippen molar-refractivity contribution >= 4 is 0 Å². The first-order valence-corrected chi connectivity index (χ1v) is 5.80. The predicted octanol–water partition coefficient (Wildman–Crippen LogP) is 2.86. The van der Waals surface area contributed by atoms with Crippen molar-refractivity contribution < 1.29 is 17.9 Å². The second kappa shape index (κ2) is 5.36. The van der Waals surface area contributed by atoms with Gasteiger partial charge < -0.3 is 10.5 Å². The van der Waals surface area contributed by atoms with Gasteiger partial charge in [-0.1, -0.05) is 12.8 Å². The molecule has 2 atom stereocenters. The second-order valence-corrected chi connectivity index (χ2v) is 4.46. The van der Waals surface area contributed by atoms with Crippen LogP contribution in [0, 0.1) is 5.92 Å². The van der Waals surface area contributed by atoms with Gasteiger partial charge in [0.1, 0.15) is 0 Å². The summed E-state index contributed by atoms with van der Waals surface area (Å²) in [6, 6.07) is 0. The number of nitrogens with two attached hydrogens (primary N) is 1. The Morgan fingerprint density at radius 3 is 2.56 bits per heavy atom. The fraction of sp³-hybridized carbons (Fsp3) is 1.00. The van der Waals surface area contributed by atoms with E-state index in [1.165, 1.54) is 7.11 Å². The molecule has 0 amide bonds. The number of ether oxygens (including phenoxy) is 1. The van der Waals surface area contributed by atoms with E-state index in [-0.39, 0.29) is 6.42 Å². The normalized spacial score (nSPS) is 31.7. The molecule has 2 unspecified atom stereocenters. The van der Waals surface area contributed by atoms with Gasteiger partial charge >= 0.3 is 6.18 Å². The maximum Gasteiger partial charge on any atom is 0.417 e. The van der Waals surface area contributed by atoms with E-state index in [4.69, 9.17) is 10.5 Å². The number of hydrogen-bond acceptors (Lipinski definition) is 2. The quantitative estimate of drug-likeness (QED) is 0.818. The molecule has 0 aromatic rings. The fourth-order valence-corrected chi connectivity index (χ4v) is 2.72. The molecule has 1 fully saturated rings. The van der Waals surface area contributed by atoms with Gasteiger partial charge in [0.15, 0.2) is 5.60 Å². The van der Waals surface area contributed by atoms with E-state index < -0.39 is 17.7 Å². The van der Waals surface area contributed by atoms with Gasteiger partial charge in [-0.25, -0.2) is 0 Å². The van der Waals surface area contributed by atoms with Crippen LogP contribution in [0.4, 0.5) is 13.2 Å². The maximum absolute atomic E-state index is 13.1. The zero-order valence-corrected chi connectivity index (χ0v) is 9.65. The molecule has 1 aliphatic carbocycles. The van der Waals surface area contributed by atoms with Crippen LogP contribution in [0.3, 0.4) is 0 Å². The highest BCUT2D eigenvalue weighted by Gasteiger charge is 2.59. The molecular weight excluding hydrogens is 219 g/mol. The van der Waals surface area contributed by atoms with Gasteiger partial charge in [-0.05, 0) is 38.1 Å². The van der Waals surface area contributed by atoms with Crippen LogP contribution in [0.15, 0.2) is 0 Å². The van der Waals surface area contributed by atoms with Crippen molar-refractivity contribution in [2.24, 2.45) is 11.7 Å². The summed E-state index contributed by atoms with van der Waals surface area (Å²) in [6.45, 7) is 0.439. The van der Waals surface area contributed by atoms with Crippen molar-refractivity contribution in [1.82, 2.24) is 0 Å². The largest absolute Gasteiger partial charge is 0.417 e. The lowest BCUT2D eigenvalue weighted by Crippen LogP contribution is -2.54. The van der Waals surface area contributed by atoms with Crippen molar-refractivity contribution in [3.8, 4) is 0 Å². The van der Waals surface area contributed by atoms with Crippen molar-refractivity contribution in [3.05, 3.63) is 0 Å². The number of methoxy groups -OCH3 is 1. The van der Waals surface area contributed by atoms with Gasteiger partial charge in [-0.2, -0.15) is 13.2 Å². The van der Waals surface area contributed by atoms with Gasteiger partial charge in [0, 0.05) is 7.11 Å². The van der Waals surface area contributed by atoms with Gasteiger partial charge in [0.25, 0.3) is 0 Å². The van der Waals surface area contributed by atoms with Gasteiger partial charge in [0.05, 0.1) is 0 Å². The van der Waals surface area contributed by atoms with Crippen molar-refractivity contribution in [2.45, 2.75) is 50.3 Å². The molecule has 0 aromatic heterocycles. The molecule has 0 radical (unpaired) electrons. The highest BCUT2D eigenvalue weighted by atomic mass is 19.4. The molecule has 0 spiro atoms. The summed E-state index contributed by atoms with van der Waals surface area (Å²) < 4.78 is 44.2.